The van der Waals surface area contributed by atoms with Crippen molar-refractivity contribution in [3.8, 4) is 5.88 Å². The molecule has 0 aliphatic carbocycles. The van der Waals surface area contributed by atoms with Crippen molar-refractivity contribution in [1.82, 2.24) is 14.7 Å². The molecular weight excluding hydrogens is 332 g/mol. The van der Waals surface area contributed by atoms with Crippen LogP contribution < -0.4 is 10.1 Å². The number of hydrogen-bond acceptors (Lipinski definition) is 4. The Bertz CT molecular complexity index is 790. The predicted molar refractivity (Wildman–Crippen MR) is 98.5 cm³/mol. The summed E-state index contributed by atoms with van der Waals surface area (Å²) in [4.78, 5) is 26.8. The number of nitrogens with one attached hydrogen (secondary N) is 1. The summed E-state index contributed by atoms with van der Waals surface area (Å²) in [7, 11) is 3.20. The number of hydrogen-bond donors (Lipinski definition) is 1. The van der Waals surface area contributed by atoms with Crippen LogP contribution in [-0.4, -0.2) is 46.7 Å². The van der Waals surface area contributed by atoms with Crippen molar-refractivity contribution in [1.29, 1.82) is 0 Å². The molecule has 26 heavy (non-hydrogen) atoms. The van der Waals surface area contributed by atoms with Gasteiger partial charge in [0.15, 0.2) is 0 Å². The molecule has 3 rings (SSSR count). The van der Waals surface area contributed by atoms with E-state index in [4.69, 9.17) is 4.74 Å². The van der Waals surface area contributed by atoms with Gasteiger partial charge in [-0.1, -0.05) is 6.92 Å². The number of aryl methyl sites for hydroxylation is 1. The van der Waals surface area contributed by atoms with E-state index in [0.717, 1.165) is 25.9 Å². The van der Waals surface area contributed by atoms with Crippen LogP contribution in [0.15, 0.2) is 30.5 Å². The largest absolute Gasteiger partial charge is 0.479 e. The lowest BCUT2D eigenvalue weighted by Gasteiger charge is -2.30. The van der Waals surface area contributed by atoms with Crippen molar-refractivity contribution in [2.75, 3.05) is 25.5 Å². The van der Waals surface area contributed by atoms with Gasteiger partial charge >= 0.3 is 0 Å². The van der Waals surface area contributed by atoms with Crippen molar-refractivity contribution in [2.45, 2.75) is 19.8 Å². The highest BCUT2D eigenvalue weighted by Gasteiger charge is 2.21. The van der Waals surface area contributed by atoms with Gasteiger partial charge in [0.2, 0.25) is 5.88 Å². The van der Waals surface area contributed by atoms with Crippen LogP contribution >= 0.6 is 0 Å². The molecule has 1 fully saturated rings. The Labute approximate surface area is 152 Å². The minimum absolute atomic E-state index is 0.0451. The Morgan fingerprint density at radius 1 is 1.19 bits per heavy atom. The van der Waals surface area contributed by atoms with E-state index in [9.17, 15) is 9.59 Å². The van der Waals surface area contributed by atoms with Gasteiger partial charge in [-0.15, -0.1) is 5.10 Å². The zero-order valence-corrected chi connectivity index (χ0v) is 15.4. The zero-order chi connectivity index (χ0) is 18.7. The number of piperidine rings is 1. The highest BCUT2D eigenvalue weighted by Crippen LogP contribution is 2.20. The summed E-state index contributed by atoms with van der Waals surface area (Å²) in [5.74, 6) is 0.694. The maximum atomic E-state index is 12.6. The van der Waals surface area contributed by atoms with Crippen LogP contribution in [0.3, 0.4) is 0 Å². The number of nitrogens with zero attached hydrogens (tertiary/aromatic N) is 3. The van der Waals surface area contributed by atoms with E-state index in [1.165, 1.54) is 11.8 Å². The molecule has 1 aromatic carbocycles. The number of methoxy groups -OCH3 is 1. The maximum absolute atomic E-state index is 12.6. The molecule has 2 aromatic rings. The average molecular weight is 356 g/mol. The maximum Gasteiger partial charge on any atom is 0.262 e. The molecule has 0 unspecified atom stereocenters. The number of amides is 2. The summed E-state index contributed by atoms with van der Waals surface area (Å²) in [6.07, 6.45) is 3.70. The van der Waals surface area contributed by atoms with E-state index < -0.39 is 0 Å². The van der Waals surface area contributed by atoms with Gasteiger partial charge < -0.3 is 15.0 Å². The second kappa shape index (κ2) is 7.59. The zero-order valence-electron chi connectivity index (χ0n) is 15.4. The van der Waals surface area contributed by atoms with Crippen molar-refractivity contribution in [2.24, 2.45) is 13.0 Å². The molecule has 0 bridgehead atoms. The Kier molecular flexibility index (Phi) is 5.25. The highest BCUT2D eigenvalue weighted by atomic mass is 16.5. The number of ether oxygens (including phenoxy) is 1. The number of aromatic nitrogens is 2. The first-order valence-electron chi connectivity index (χ1n) is 8.76. The van der Waals surface area contributed by atoms with Crippen LogP contribution in [0.25, 0.3) is 0 Å². The molecule has 1 aromatic heterocycles. The average Bonchev–Trinajstić information content (AvgIpc) is 3.03. The third kappa shape index (κ3) is 3.87. The van der Waals surface area contributed by atoms with Crippen molar-refractivity contribution >= 4 is 17.5 Å². The van der Waals surface area contributed by atoms with Gasteiger partial charge in [0.1, 0.15) is 5.56 Å². The van der Waals surface area contributed by atoms with Gasteiger partial charge in [-0.2, -0.15) is 0 Å². The molecule has 1 N–H and O–H groups in total. The normalized spacial score (nSPS) is 15.0. The van der Waals surface area contributed by atoms with Crippen LogP contribution in [0, 0.1) is 5.92 Å². The van der Waals surface area contributed by atoms with E-state index in [1.807, 2.05) is 4.90 Å². The number of benzene rings is 1. The summed E-state index contributed by atoms with van der Waals surface area (Å²) in [5, 5.41) is 6.87. The van der Waals surface area contributed by atoms with E-state index in [2.05, 4.69) is 17.3 Å². The van der Waals surface area contributed by atoms with Crippen molar-refractivity contribution in [3.63, 3.8) is 0 Å². The van der Waals surface area contributed by atoms with Gasteiger partial charge in [0.25, 0.3) is 11.8 Å². The summed E-state index contributed by atoms with van der Waals surface area (Å²) in [6, 6.07) is 6.97. The van der Waals surface area contributed by atoms with Crippen LogP contribution in [0.2, 0.25) is 0 Å². The number of rotatable bonds is 4. The molecule has 7 nitrogen and oxygen atoms in total. The Balaban J connectivity index is 1.66. The fraction of sp³-hybridized carbons (Fsp3) is 0.421. The molecular formula is C19H24N4O3. The third-order valence-electron chi connectivity index (χ3n) is 4.69. The number of likely N-dealkylation sites (tertiary alicyclic amines) is 1. The molecule has 0 radical (unpaired) electrons. The van der Waals surface area contributed by atoms with Crippen LogP contribution in [-0.2, 0) is 7.05 Å². The lowest BCUT2D eigenvalue weighted by molar-refractivity contribution is 0.0697. The van der Waals surface area contributed by atoms with E-state index in [0.29, 0.717) is 22.7 Å². The van der Waals surface area contributed by atoms with Crippen molar-refractivity contribution in [3.05, 3.63) is 41.6 Å². The molecule has 1 aliphatic rings. The Morgan fingerprint density at radius 3 is 2.46 bits per heavy atom. The van der Waals surface area contributed by atoms with Gasteiger partial charge in [-0.05, 0) is 43.0 Å². The summed E-state index contributed by atoms with van der Waals surface area (Å²) in [5.41, 5.74) is 1.61. The fourth-order valence-corrected chi connectivity index (χ4v) is 3.06. The molecule has 138 valence electrons. The third-order valence-corrected chi connectivity index (χ3v) is 4.69. The van der Waals surface area contributed by atoms with Gasteiger partial charge in [-0.25, -0.2) is 0 Å². The van der Waals surface area contributed by atoms with E-state index >= 15 is 0 Å². The van der Waals surface area contributed by atoms with Crippen molar-refractivity contribution < 1.29 is 14.3 Å². The topological polar surface area (TPSA) is 76.5 Å². The minimum atomic E-state index is -0.306. The smallest absolute Gasteiger partial charge is 0.262 e. The summed E-state index contributed by atoms with van der Waals surface area (Å²) in [6.45, 7) is 3.83. The summed E-state index contributed by atoms with van der Waals surface area (Å²) < 4.78 is 6.63. The van der Waals surface area contributed by atoms with E-state index in [1.54, 1.807) is 37.5 Å². The first kappa shape index (κ1) is 18.0. The highest BCUT2D eigenvalue weighted by molar-refractivity contribution is 6.06. The number of carbonyl (C=O) groups excluding carboxylic acids is 2. The van der Waals surface area contributed by atoms with Gasteiger partial charge in [-0.3, -0.25) is 14.3 Å². The quantitative estimate of drug-likeness (QED) is 0.913. The lowest BCUT2D eigenvalue weighted by atomic mass is 9.98. The first-order chi connectivity index (χ1) is 12.5. The Morgan fingerprint density at radius 2 is 1.85 bits per heavy atom. The molecule has 1 saturated heterocycles. The predicted octanol–water partition coefficient (Wildman–Crippen LogP) is 2.55. The van der Waals surface area contributed by atoms with Crippen LogP contribution in [0.5, 0.6) is 5.88 Å². The number of carbonyl (C=O) groups is 2. The second-order valence-electron chi connectivity index (χ2n) is 6.73. The second-order valence-corrected chi connectivity index (χ2v) is 6.73. The molecule has 0 atom stereocenters. The SMILES string of the molecule is COc1nn(C)cc1C(=O)Nc1ccc(C(=O)N2CCC(C)CC2)cc1. The molecule has 2 heterocycles. The van der Waals surface area contributed by atoms with Crippen LogP contribution in [0.4, 0.5) is 5.69 Å². The Hall–Kier alpha value is -2.83. The minimum Gasteiger partial charge on any atom is -0.479 e. The molecule has 2 amide bonds. The monoisotopic (exact) mass is 356 g/mol. The molecule has 0 saturated carbocycles. The van der Waals surface area contributed by atoms with Gasteiger partial charge in [0.05, 0.1) is 7.11 Å². The first-order valence-corrected chi connectivity index (χ1v) is 8.76. The molecule has 7 heteroatoms. The number of anilines is 1. The van der Waals surface area contributed by atoms with Crippen LogP contribution in [0.1, 0.15) is 40.5 Å². The standard InChI is InChI=1S/C19H24N4O3/c1-13-8-10-23(11-9-13)19(25)14-4-6-15(7-5-14)20-17(24)16-12-22(2)21-18(16)26-3/h4-7,12-13H,8-11H2,1-3H3,(H,20,24). The molecule has 1 aliphatic heterocycles. The molecule has 0 spiro atoms. The van der Waals surface area contributed by atoms with Gasteiger partial charge in [0, 0.05) is 37.6 Å². The summed E-state index contributed by atoms with van der Waals surface area (Å²) >= 11 is 0. The van der Waals surface area contributed by atoms with E-state index in [-0.39, 0.29) is 17.7 Å². The fourth-order valence-electron chi connectivity index (χ4n) is 3.06. The lowest BCUT2D eigenvalue weighted by Crippen LogP contribution is -2.37.